The molecular weight excluding hydrogens is 390 g/mol. The lowest BCUT2D eigenvalue weighted by Gasteiger charge is -2.11. The van der Waals surface area contributed by atoms with E-state index in [-0.39, 0.29) is 23.9 Å². The van der Waals surface area contributed by atoms with Crippen LogP contribution in [0.4, 0.5) is 11.4 Å². The first-order chi connectivity index (χ1) is 14.0. The molecule has 0 bridgehead atoms. The molecule has 0 aliphatic rings. The number of ether oxygens (including phenoxy) is 1. The first-order valence-corrected chi connectivity index (χ1v) is 9.61. The molecule has 2 amide bonds. The Morgan fingerprint density at radius 2 is 1.66 bits per heavy atom. The summed E-state index contributed by atoms with van der Waals surface area (Å²) in [5.41, 5.74) is 1.68. The zero-order valence-electron chi connectivity index (χ0n) is 16.1. The third kappa shape index (κ3) is 8.10. The normalized spacial score (nSPS) is 9.97. The van der Waals surface area contributed by atoms with Crippen LogP contribution >= 0.6 is 12.2 Å². The van der Waals surface area contributed by atoms with Gasteiger partial charge < -0.3 is 20.7 Å². The van der Waals surface area contributed by atoms with Crippen molar-refractivity contribution in [1.29, 1.82) is 0 Å². The van der Waals surface area contributed by atoms with E-state index in [4.69, 9.17) is 17.0 Å². The Bertz CT molecular complexity index is 871. The second-order valence-electron chi connectivity index (χ2n) is 6.12. The fraction of sp³-hybridized carbons (Fsp3) is 0.238. The fourth-order valence-corrected chi connectivity index (χ4v) is 2.55. The molecule has 3 N–H and O–H groups in total. The van der Waals surface area contributed by atoms with Gasteiger partial charge in [-0.2, -0.15) is 0 Å². The third-order valence-electron chi connectivity index (χ3n) is 3.69. The van der Waals surface area contributed by atoms with Crippen molar-refractivity contribution in [3.05, 3.63) is 60.2 Å². The van der Waals surface area contributed by atoms with Gasteiger partial charge in [-0.05, 0) is 49.0 Å². The zero-order valence-corrected chi connectivity index (χ0v) is 16.9. The predicted molar refractivity (Wildman–Crippen MR) is 116 cm³/mol. The van der Waals surface area contributed by atoms with Crippen molar-refractivity contribution in [1.82, 2.24) is 5.32 Å². The largest absolute Gasteiger partial charge is 0.466 e. The Kier molecular flexibility index (Phi) is 8.78. The maximum atomic E-state index is 12.4. The summed E-state index contributed by atoms with van der Waals surface area (Å²) >= 11 is 5.12. The van der Waals surface area contributed by atoms with E-state index in [1.807, 2.05) is 25.1 Å². The summed E-state index contributed by atoms with van der Waals surface area (Å²) in [6.45, 7) is 2.24. The molecule has 0 atom stereocenters. The Morgan fingerprint density at radius 1 is 0.931 bits per heavy atom. The van der Waals surface area contributed by atoms with Gasteiger partial charge in [-0.15, -0.1) is 0 Å². The summed E-state index contributed by atoms with van der Waals surface area (Å²) in [6, 6.07) is 15.8. The summed E-state index contributed by atoms with van der Waals surface area (Å²) in [4.78, 5) is 35.7. The highest BCUT2D eigenvalue weighted by molar-refractivity contribution is 7.80. The van der Waals surface area contributed by atoms with Crippen LogP contribution in [0.2, 0.25) is 0 Å². The number of hydrogen-bond donors (Lipinski definition) is 3. The van der Waals surface area contributed by atoms with Crippen LogP contribution in [0.25, 0.3) is 0 Å². The van der Waals surface area contributed by atoms with E-state index in [2.05, 4.69) is 16.0 Å². The Morgan fingerprint density at radius 3 is 2.38 bits per heavy atom. The molecule has 152 valence electrons. The highest BCUT2D eigenvalue weighted by Crippen LogP contribution is 2.13. The van der Waals surface area contributed by atoms with Gasteiger partial charge in [0.05, 0.1) is 13.0 Å². The third-order valence-corrected chi connectivity index (χ3v) is 3.89. The van der Waals surface area contributed by atoms with Crippen LogP contribution in [0.15, 0.2) is 54.6 Å². The minimum absolute atomic E-state index is 0.0103. The van der Waals surface area contributed by atoms with E-state index >= 15 is 0 Å². The SMILES string of the molecule is CCCOC(=O)CCC(=O)NC(=S)Nc1cccc(C(=O)Nc2ccccc2)c1. The van der Waals surface area contributed by atoms with Gasteiger partial charge in [0.2, 0.25) is 5.91 Å². The lowest BCUT2D eigenvalue weighted by atomic mass is 10.2. The molecule has 0 spiro atoms. The Balaban J connectivity index is 1.84. The van der Waals surface area contributed by atoms with Crippen molar-refractivity contribution in [2.45, 2.75) is 26.2 Å². The zero-order chi connectivity index (χ0) is 21.1. The predicted octanol–water partition coefficient (Wildman–Crippen LogP) is 3.49. The first-order valence-electron chi connectivity index (χ1n) is 9.21. The van der Waals surface area contributed by atoms with Crippen LogP contribution in [0.5, 0.6) is 0 Å². The van der Waals surface area contributed by atoms with E-state index in [1.165, 1.54) is 0 Å². The van der Waals surface area contributed by atoms with Crippen LogP contribution in [0.3, 0.4) is 0 Å². The molecule has 0 saturated carbocycles. The van der Waals surface area contributed by atoms with Crippen molar-refractivity contribution in [2.24, 2.45) is 0 Å². The lowest BCUT2D eigenvalue weighted by molar-refractivity contribution is -0.144. The number of anilines is 2. The van der Waals surface area contributed by atoms with Crippen molar-refractivity contribution < 1.29 is 19.1 Å². The minimum atomic E-state index is -0.419. The summed E-state index contributed by atoms with van der Waals surface area (Å²) in [6.07, 6.45) is 0.696. The number of rotatable bonds is 8. The number of hydrogen-bond acceptors (Lipinski definition) is 5. The molecule has 2 rings (SSSR count). The molecule has 0 aliphatic carbocycles. The van der Waals surface area contributed by atoms with Crippen molar-refractivity contribution in [3.8, 4) is 0 Å². The van der Waals surface area contributed by atoms with Gasteiger partial charge in [-0.1, -0.05) is 31.2 Å². The standard InChI is InChI=1S/C21H23N3O4S/c1-2-13-28-19(26)12-11-18(25)24-21(29)23-17-10-6-7-15(14-17)20(27)22-16-8-4-3-5-9-16/h3-10,14H,2,11-13H2,1H3,(H,22,27)(H2,23,24,25,29). The molecule has 2 aromatic carbocycles. The summed E-state index contributed by atoms with van der Waals surface area (Å²) in [7, 11) is 0. The van der Waals surface area contributed by atoms with E-state index < -0.39 is 11.9 Å². The smallest absolute Gasteiger partial charge is 0.306 e. The molecule has 2 aromatic rings. The van der Waals surface area contributed by atoms with Gasteiger partial charge in [0.1, 0.15) is 0 Å². The van der Waals surface area contributed by atoms with E-state index in [1.54, 1.807) is 36.4 Å². The van der Waals surface area contributed by atoms with E-state index in [9.17, 15) is 14.4 Å². The number of nitrogens with one attached hydrogen (secondary N) is 3. The van der Waals surface area contributed by atoms with Crippen LogP contribution in [0.1, 0.15) is 36.5 Å². The van der Waals surface area contributed by atoms with Crippen LogP contribution in [-0.2, 0) is 14.3 Å². The second kappa shape index (κ2) is 11.6. The van der Waals surface area contributed by atoms with Crippen molar-refractivity contribution in [2.75, 3.05) is 17.2 Å². The maximum absolute atomic E-state index is 12.4. The minimum Gasteiger partial charge on any atom is -0.466 e. The van der Waals surface area contributed by atoms with Gasteiger partial charge in [0.15, 0.2) is 5.11 Å². The lowest BCUT2D eigenvalue weighted by Crippen LogP contribution is -2.34. The van der Waals surface area contributed by atoms with Crippen molar-refractivity contribution >= 4 is 46.5 Å². The van der Waals surface area contributed by atoms with Crippen LogP contribution in [-0.4, -0.2) is 29.5 Å². The van der Waals surface area contributed by atoms with Crippen LogP contribution < -0.4 is 16.0 Å². The molecule has 0 aromatic heterocycles. The fourth-order valence-electron chi connectivity index (χ4n) is 2.32. The second-order valence-corrected chi connectivity index (χ2v) is 6.53. The number of thiocarbonyl (C=S) groups is 1. The van der Waals surface area contributed by atoms with Gasteiger partial charge in [-0.3, -0.25) is 14.4 Å². The summed E-state index contributed by atoms with van der Waals surface area (Å²) in [5, 5.41) is 8.24. The Hall–Kier alpha value is -3.26. The monoisotopic (exact) mass is 413 g/mol. The molecule has 0 aliphatic heterocycles. The first kappa shape index (κ1) is 22.0. The quantitative estimate of drug-likeness (QED) is 0.453. The number of carbonyl (C=O) groups excluding carboxylic acids is 3. The topological polar surface area (TPSA) is 96.5 Å². The van der Waals surface area contributed by atoms with Gasteiger partial charge in [0, 0.05) is 23.4 Å². The number of esters is 1. The molecule has 29 heavy (non-hydrogen) atoms. The summed E-state index contributed by atoms with van der Waals surface area (Å²) < 4.78 is 4.92. The number of carbonyl (C=O) groups is 3. The summed E-state index contributed by atoms with van der Waals surface area (Å²) in [5.74, 6) is -1.08. The molecule has 0 heterocycles. The molecule has 0 fully saturated rings. The van der Waals surface area contributed by atoms with Crippen molar-refractivity contribution in [3.63, 3.8) is 0 Å². The number of para-hydroxylation sites is 1. The molecule has 0 saturated heterocycles. The average Bonchev–Trinajstić information content (AvgIpc) is 2.71. The molecule has 8 heteroatoms. The average molecular weight is 413 g/mol. The highest BCUT2D eigenvalue weighted by Gasteiger charge is 2.11. The molecule has 0 radical (unpaired) electrons. The Labute approximate surface area is 174 Å². The van der Waals surface area contributed by atoms with Crippen LogP contribution in [0, 0.1) is 0 Å². The maximum Gasteiger partial charge on any atom is 0.306 e. The highest BCUT2D eigenvalue weighted by atomic mass is 32.1. The van der Waals surface area contributed by atoms with E-state index in [0.717, 1.165) is 6.42 Å². The van der Waals surface area contributed by atoms with E-state index in [0.29, 0.717) is 23.5 Å². The molecule has 7 nitrogen and oxygen atoms in total. The molecular formula is C21H23N3O4S. The molecule has 0 unspecified atom stereocenters. The number of benzene rings is 2. The van der Waals surface area contributed by atoms with Gasteiger partial charge in [0.25, 0.3) is 5.91 Å². The number of amides is 2. The van der Waals surface area contributed by atoms with Gasteiger partial charge >= 0.3 is 5.97 Å². The van der Waals surface area contributed by atoms with Gasteiger partial charge in [-0.25, -0.2) is 0 Å².